The van der Waals surface area contributed by atoms with Gasteiger partial charge in [0.15, 0.2) is 0 Å². The second kappa shape index (κ2) is 11.4. The van der Waals surface area contributed by atoms with Gasteiger partial charge in [0.05, 0.1) is 23.6 Å². The lowest BCUT2D eigenvalue weighted by molar-refractivity contribution is -0.142. The van der Waals surface area contributed by atoms with E-state index >= 15 is 0 Å². The highest BCUT2D eigenvalue weighted by molar-refractivity contribution is 7.91. The molecular formula is C28H44N4O9S. The van der Waals surface area contributed by atoms with Crippen molar-refractivity contribution in [1.29, 1.82) is 0 Å². The first-order valence-corrected chi connectivity index (χ1v) is 16.0. The molecule has 0 aromatic carbocycles. The molecule has 7 atom stereocenters. The highest BCUT2D eigenvalue weighted by Crippen LogP contribution is 2.47. The zero-order valence-electron chi connectivity index (χ0n) is 25.1. The summed E-state index contributed by atoms with van der Waals surface area (Å²) in [7, 11) is -3.97. The van der Waals surface area contributed by atoms with E-state index < -0.39 is 79.7 Å². The summed E-state index contributed by atoms with van der Waals surface area (Å²) in [6, 6.07) is -2.24. The van der Waals surface area contributed by atoms with Gasteiger partial charge in [-0.3, -0.25) is 19.1 Å². The fourth-order valence-corrected chi connectivity index (χ4v) is 6.91. The van der Waals surface area contributed by atoms with Crippen LogP contribution in [0, 0.1) is 11.8 Å². The molecule has 4 aliphatic rings. The quantitative estimate of drug-likeness (QED) is 0.333. The number of amides is 4. The van der Waals surface area contributed by atoms with Crippen molar-refractivity contribution < 1.29 is 42.2 Å². The van der Waals surface area contributed by atoms with E-state index in [0.717, 1.165) is 0 Å². The van der Waals surface area contributed by atoms with Crippen LogP contribution >= 0.6 is 0 Å². The van der Waals surface area contributed by atoms with Crippen LogP contribution in [0.2, 0.25) is 0 Å². The summed E-state index contributed by atoms with van der Waals surface area (Å²) in [5.74, 6) is -3.05. The second-order valence-corrected chi connectivity index (χ2v) is 15.7. The van der Waals surface area contributed by atoms with Gasteiger partial charge in [-0.15, -0.1) is 0 Å². The van der Waals surface area contributed by atoms with Gasteiger partial charge in [-0.2, -0.15) is 0 Å². The van der Waals surface area contributed by atoms with Crippen molar-refractivity contribution in [3.05, 3.63) is 12.2 Å². The Labute approximate surface area is 247 Å². The number of hydrogen-bond donors (Lipinski definition) is 4. The SMILES string of the molecule is C[C@@H]1C[C@H](C)OC/C=C\C2C[C@@]2(C(=O)NS(=O)(=O)C2(C)CC2)NC(=O)[C@@H]2C[C@@H](O)CN2C(=O)[C@H]1NC(=O)OC(C)(C)C. The maximum atomic E-state index is 13.9. The molecule has 4 N–H and O–H groups in total. The predicted molar refractivity (Wildman–Crippen MR) is 151 cm³/mol. The Morgan fingerprint density at radius 3 is 2.48 bits per heavy atom. The van der Waals surface area contributed by atoms with Gasteiger partial charge in [0.1, 0.15) is 23.2 Å². The third kappa shape index (κ3) is 6.91. The average molecular weight is 613 g/mol. The molecule has 4 rings (SSSR count). The van der Waals surface area contributed by atoms with Gasteiger partial charge in [0, 0.05) is 18.9 Å². The van der Waals surface area contributed by atoms with Gasteiger partial charge in [0.25, 0.3) is 5.91 Å². The van der Waals surface area contributed by atoms with E-state index in [1.54, 1.807) is 46.8 Å². The van der Waals surface area contributed by atoms with Gasteiger partial charge in [-0.1, -0.05) is 19.1 Å². The fraction of sp³-hybridized carbons (Fsp3) is 0.786. The second-order valence-electron chi connectivity index (χ2n) is 13.5. The first-order chi connectivity index (χ1) is 19.4. The van der Waals surface area contributed by atoms with Crippen LogP contribution in [0.3, 0.4) is 0 Å². The maximum absolute atomic E-state index is 13.9. The van der Waals surface area contributed by atoms with Crippen molar-refractivity contribution in [1.82, 2.24) is 20.3 Å². The Morgan fingerprint density at radius 2 is 1.86 bits per heavy atom. The minimum atomic E-state index is -3.97. The number of rotatable bonds is 4. The zero-order valence-corrected chi connectivity index (χ0v) is 26.0. The highest BCUT2D eigenvalue weighted by atomic mass is 32.2. The summed E-state index contributed by atoms with van der Waals surface area (Å²) in [4.78, 5) is 55.0. The molecule has 13 nitrogen and oxygen atoms in total. The summed E-state index contributed by atoms with van der Waals surface area (Å²) in [5.41, 5.74) is -2.35. The Morgan fingerprint density at radius 1 is 1.19 bits per heavy atom. The molecule has 236 valence electrons. The lowest BCUT2D eigenvalue weighted by Crippen LogP contribution is -2.59. The number of fused-ring (bicyclic) bond motifs is 2. The molecule has 14 heteroatoms. The van der Waals surface area contributed by atoms with Crippen LogP contribution in [-0.2, 0) is 33.9 Å². The van der Waals surface area contributed by atoms with Crippen LogP contribution in [0.25, 0.3) is 0 Å². The molecule has 2 heterocycles. The van der Waals surface area contributed by atoms with E-state index in [1.165, 1.54) is 4.90 Å². The maximum Gasteiger partial charge on any atom is 0.408 e. The van der Waals surface area contributed by atoms with E-state index in [1.807, 2.05) is 6.92 Å². The molecule has 1 unspecified atom stereocenters. The largest absolute Gasteiger partial charge is 0.444 e. The van der Waals surface area contributed by atoms with E-state index in [4.69, 9.17) is 9.47 Å². The molecule has 4 amide bonds. The third-order valence-electron chi connectivity index (χ3n) is 8.52. The smallest absolute Gasteiger partial charge is 0.408 e. The number of nitrogens with one attached hydrogen (secondary N) is 3. The number of hydrogen-bond acceptors (Lipinski definition) is 9. The summed E-state index contributed by atoms with van der Waals surface area (Å²) in [5, 5.41) is 15.9. The number of sulfonamides is 1. The predicted octanol–water partition coefficient (Wildman–Crippen LogP) is 0.716. The van der Waals surface area contributed by atoms with Crippen LogP contribution in [-0.4, -0.2) is 95.6 Å². The number of carbonyl (C=O) groups excluding carboxylic acids is 4. The molecular weight excluding hydrogens is 568 g/mol. The lowest BCUT2D eigenvalue weighted by atomic mass is 9.94. The Bertz CT molecular complexity index is 1240. The molecule has 0 radical (unpaired) electrons. The molecule has 42 heavy (non-hydrogen) atoms. The topological polar surface area (TPSA) is 180 Å². The average Bonchev–Trinajstić information content (AvgIpc) is 3.74. The number of aliphatic hydroxyl groups is 1. The number of carbonyl (C=O) groups is 4. The molecule has 1 saturated heterocycles. The van der Waals surface area contributed by atoms with Gasteiger partial charge in [0.2, 0.25) is 21.8 Å². The van der Waals surface area contributed by atoms with Crippen molar-refractivity contribution in [3.8, 4) is 0 Å². The van der Waals surface area contributed by atoms with Crippen LogP contribution < -0.4 is 15.4 Å². The summed E-state index contributed by atoms with van der Waals surface area (Å²) < 4.78 is 38.1. The van der Waals surface area contributed by atoms with Gasteiger partial charge in [-0.05, 0) is 66.2 Å². The van der Waals surface area contributed by atoms with Crippen LogP contribution in [0.4, 0.5) is 4.79 Å². The van der Waals surface area contributed by atoms with E-state index in [2.05, 4.69) is 15.4 Å². The summed E-state index contributed by atoms with van der Waals surface area (Å²) in [6.45, 7) is 10.3. The molecule has 3 fully saturated rings. The van der Waals surface area contributed by atoms with Gasteiger partial charge >= 0.3 is 6.09 Å². The zero-order chi connectivity index (χ0) is 31.3. The van der Waals surface area contributed by atoms with Gasteiger partial charge in [-0.25, -0.2) is 13.2 Å². The highest BCUT2D eigenvalue weighted by Gasteiger charge is 2.63. The van der Waals surface area contributed by atoms with Crippen LogP contribution in [0.1, 0.15) is 73.6 Å². The molecule has 2 aliphatic heterocycles. The fourth-order valence-electron chi connectivity index (χ4n) is 5.60. The lowest BCUT2D eigenvalue weighted by Gasteiger charge is -2.33. The Kier molecular flexibility index (Phi) is 8.76. The minimum Gasteiger partial charge on any atom is -0.444 e. The van der Waals surface area contributed by atoms with Crippen LogP contribution in [0.15, 0.2) is 12.2 Å². The molecule has 0 bridgehead atoms. The summed E-state index contributed by atoms with van der Waals surface area (Å²) in [6.07, 6.45) is 2.63. The third-order valence-corrected chi connectivity index (χ3v) is 10.7. The number of aliphatic hydroxyl groups excluding tert-OH is 1. The number of alkyl carbamates (subject to hydrolysis) is 1. The van der Waals surface area contributed by atoms with Crippen LogP contribution in [0.5, 0.6) is 0 Å². The Hall–Kier alpha value is -2.71. The van der Waals surface area contributed by atoms with E-state index in [0.29, 0.717) is 19.3 Å². The van der Waals surface area contributed by atoms with Crippen molar-refractivity contribution >= 4 is 33.8 Å². The monoisotopic (exact) mass is 612 g/mol. The van der Waals surface area contributed by atoms with E-state index in [-0.39, 0.29) is 32.1 Å². The van der Waals surface area contributed by atoms with E-state index in [9.17, 15) is 32.7 Å². The number of nitrogens with zero attached hydrogens (tertiary/aromatic N) is 1. The van der Waals surface area contributed by atoms with Crippen molar-refractivity contribution in [2.75, 3.05) is 13.2 Å². The van der Waals surface area contributed by atoms with Crippen molar-refractivity contribution in [3.63, 3.8) is 0 Å². The first kappa shape index (κ1) is 32.2. The number of ether oxygens (including phenoxy) is 2. The molecule has 2 saturated carbocycles. The minimum absolute atomic E-state index is 0.0841. The molecule has 0 spiro atoms. The normalized spacial score (nSPS) is 35.8. The summed E-state index contributed by atoms with van der Waals surface area (Å²) >= 11 is 0. The molecule has 2 aliphatic carbocycles. The molecule has 0 aromatic heterocycles. The van der Waals surface area contributed by atoms with Crippen molar-refractivity contribution in [2.24, 2.45) is 11.8 Å². The standard InChI is InChI=1S/C28H44N4O9S/c1-16-12-17(2)40-11-7-8-18-14-28(18,24(36)31-42(38,39)27(6)9-10-27)30-22(34)20-13-19(33)15-32(20)23(35)21(16)29-25(37)41-26(3,4)5/h7-8,16-21,33H,9-15H2,1-6H3,(H,29,37)(H,30,34)(H,31,36)/b8-7-/t16-,17+,18?,19-,20+,21+,28-/m1/s1. The molecule has 0 aromatic rings. The first-order valence-electron chi connectivity index (χ1n) is 14.5. The Balaban J connectivity index is 1.63. The van der Waals surface area contributed by atoms with Crippen molar-refractivity contribution in [2.45, 2.75) is 114 Å². The van der Waals surface area contributed by atoms with Gasteiger partial charge < -0.3 is 30.1 Å².